The lowest BCUT2D eigenvalue weighted by Crippen LogP contribution is -2.10. The maximum absolute atomic E-state index is 11.5. The fourth-order valence-electron chi connectivity index (χ4n) is 4.06. The molecular weight excluding hydrogens is 344 g/mol. The van der Waals surface area contributed by atoms with E-state index in [0.29, 0.717) is 6.42 Å². The Morgan fingerprint density at radius 2 is 1.07 bits per heavy atom. The van der Waals surface area contributed by atoms with Crippen molar-refractivity contribution in [1.29, 1.82) is 0 Å². The number of hydrogen-bond donors (Lipinski definition) is 0. The average Bonchev–Trinajstić information content (AvgIpc) is 2.63. The van der Waals surface area contributed by atoms with Crippen LogP contribution in [0.15, 0.2) is 0 Å². The summed E-state index contributed by atoms with van der Waals surface area (Å²) in [5.41, 5.74) is 0. The Balaban J connectivity index is 3.52. The van der Waals surface area contributed by atoms with Crippen molar-refractivity contribution in [2.24, 2.45) is 11.8 Å². The molecule has 0 rings (SSSR count). The Morgan fingerprint density at radius 1 is 0.643 bits per heavy atom. The topological polar surface area (TPSA) is 26.3 Å². The summed E-state index contributed by atoms with van der Waals surface area (Å²) in [5, 5.41) is 0. The van der Waals surface area contributed by atoms with E-state index in [9.17, 15) is 4.79 Å². The van der Waals surface area contributed by atoms with Gasteiger partial charge in [-0.25, -0.2) is 0 Å². The number of rotatable bonds is 20. The zero-order chi connectivity index (χ0) is 21.0. The van der Waals surface area contributed by atoms with Gasteiger partial charge in [0.25, 0.3) is 0 Å². The summed E-state index contributed by atoms with van der Waals surface area (Å²) in [5.74, 6) is 1.74. The van der Waals surface area contributed by atoms with E-state index >= 15 is 0 Å². The first-order valence-corrected chi connectivity index (χ1v) is 12.7. The zero-order valence-electron chi connectivity index (χ0n) is 20.1. The summed E-state index contributed by atoms with van der Waals surface area (Å²) in [6.45, 7) is 10.9. The van der Waals surface area contributed by atoms with Crippen molar-refractivity contribution in [3.63, 3.8) is 0 Å². The maximum atomic E-state index is 11.5. The van der Waals surface area contributed by atoms with E-state index in [4.69, 9.17) is 4.74 Å². The standard InChI is InChI=1S/C26H52O2/c1-6-7-8-9-11-14-17-20-25(23(2)3)21-18-15-12-10-13-16-19-22-26(27)28-24(4)5/h23-25H,6-22H2,1-5H3. The summed E-state index contributed by atoms with van der Waals surface area (Å²) >= 11 is 0. The summed E-state index contributed by atoms with van der Waals surface area (Å²) in [6, 6.07) is 0. The van der Waals surface area contributed by atoms with Crippen LogP contribution in [0.25, 0.3) is 0 Å². The van der Waals surface area contributed by atoms with Gasteiger partial charge in [-0.3, -0.25) is 4.79 Å². The molecule has 1 atom stereocenters. The van der Waals surface area contributed by atoms with E-state index in [2.05, 4.69) is 20.8 Å². The van der Waals surface area contributed by atoms with Gasteiger partial charge in [-0.1, -0.05) is 117 Å². The van der Waals surface area contributed by atoms with Crippen LogP contribution >= 0.6 is 0 Å². The van der Waals surface area contributed by atoms with Crippen LogP contribution in [-0.4, -0.2) is 12.1 Å². The summed E-state index contributed by atoms with van der Waals surface area (Å²) in [4.78, 5) is 11.5. The van der Waals surface area contributed by atoms with Gasteiger partial charge < -0.3 is 4.74 Å². The summed E-state index contributed by atoms with van der Waals surface area (Å²) in [6.07, 6.45) is 22.3. The molecule has 2 heteroatoms. The maximum Gasteiger partial charge on any atom is 0.306 e. The van der Waals surface area contributed by atoms with Gasteiger partial charge in [-0.2, -0.15) is 0 Å². The van der Waals surface area contributed by atoms with Crippen molar-refractivity contribution in [2.45, 2.75) is 150 Å². The van der Waals surface area contributed by atoms with Crippen molar-refractivity contribution < 1.29 is 9.53 Å². The Hall–Kier alpha value is -0.530. The van der Waals surface area contributed by atoms with Gasteiger partial charge in [0.15, 0.2) is 0 Å². The van der Waals surface area contributed by atoms with Crippen LogP contribution in [0.2, 0.25) is 0 Å². The SMILES string of the molecule is CCCCCCCCCC(CCCCCCCCCC(=O)OC(C)C)C(C)C. The molecule has 0 heterocycles. The van der Waals surface area contributed by atoms with Gasteiger partial charge in [-0.15, -0.1) is 0 Å². The van der Waals surface area contributed by atoms with Crippen LogP contribution in [-0.2, 0) is 9.53 Å². The van der Waals surface area contributed by atoms with Crippen molar-refractivity contribution in [3.05, 3.63) is 0 Å². The number of unbranched alkanes of at least 4 members (excludes halogenated alkanes) is 12. The van der Waals surface area contributed by atoms with E-state index in [0.717, 1.165) is 18.3 Å². The molecule has 0 aliphatic carbocycles. The predicted octanol–water partition coefficient (Wildman–Crippen LogP) is 8.86. The molecule has 168 valence electrons. The first-order chi connectivity index (χ1) is 13.5. The third kappa shape index (κ3) is 18.8. The molecule has 0 aromatic rings. The second-order valence-corrected chi connectivity index (χ2v) is 9.47. The zero-order valence-corrected chi connectivity index (χ0v) is 20.1. The number of carbonyl (C=O) groups is 1. The molecule has 0 aliphatic rings. The molecule has 1 unspecified atom stereocenters. The van der Waals surface area contributed by atoms with Crippen molar-refractivity contribution in [1.82, 2.24) is 0 Å². The molecule has 0 saturated heterocycles. The summed E-state index contributed by atoms with van der Waals surface area (Å²) in [7, 11) is 0. The minimum Gasteiger partial charge on any atom is -0.463 e. The second kappa shape index (κ2) is 19.8. The molecule has 0 amide bonds. The molecule has 0 saturated carbocycles. The molecule has 0 aliphatic heterocycles. The van der Waals surface area contributed by atoms with Crippen LogP contribution in [0, 0.1) is 11.8 Å². The van der Waals surface area contributed by atoms with Gasteiger partial charge >= 0.3 is 5.97 Å². The van der Waals surface area contributed by atoms with Crippen LogP contribution < -0.4 is 0 Å². The highest BCUT2D eigenvalue weighted by molar-refractivity contribution is 5.69. The predicted molar refractivity (Wildman–Crippen MR) is 124 cm³/mol. The van der Waals surface area contributed by atoms with Gasteiger partial charge in [0.05, 0.1) is 6.10 Å². The minimum atomic E-state index is -0.0318. The van der Waals surface area contributed by atoms with E-state index in [1.807, 2.05) is 13.8 Å². The molecule has 0 radical (unpaired) electrons. The fraction of sp³-hybridized carbons (Fsp3) is 0.962. The van der Waals surface area contributed by atoms with Gasteiger partial charge in [0, 0.05) is 6.42 Å². The molecule has 0 aromatic carbocycles. The lowest BCUT2D eigenvalue weighted by molar-refractivity contribution is -0.147. The Bertz CT molecular complexity index is 335. The van der Waals surface area contributed by atoms with E-state index in [1.54, 1.807) is 0 Å². The summed E-state index contributed by atoms with van der Waals surface area (Å²) < 4.78 is 5.17. The number of hydrogen-bond acceptors (Lipinski definition) is 2. The molecule has 0 bridgehead atoms. The average molecular weight is 397 g/mol. The molecule has 0 fully saturated rings. The van der Waals surface area contributed by atoms with Crippen molar-refractivity contribution in [2.75, 3.05) is 0 Å². The smallest absolute Gasteiger partial charge is 0.306 e. The highest BCUT2D eigenvalue weighted by Crippen LogP contribution is 2.25. The quantitative estimate of drug-likeness (QED) is 0.152. The lowest BCUT2D eigenvalue weighted by atomic mass is 9.85. The molecular formula is C26H52O2. The second-order valence-electron chi connectivity index (χ2n) is 9.47. The van der Waals surface area contributed by atoms with Gasteiger partial charge in [0.1, 0.15) is 0 Å². The first kappa shape index (κ1) is 27.5. The highest BCUT2D eigenvalue weighted by atomic mass is 16.5. The minimum absolute atomic E-state index is 0.0213. The van der Waals surface area contributed by atoms with Gasteiger partial charge in [0.2, 0.25) is 0 Å². The van der Waals surface area contributed by atoms with Crippen LogP contribution in [0.4, 0.5) is 0 Å². The van der Waals surface area contributed by atoms with E-state index in [1.165, 1.54) is 96.3 Å². The molecule has 0 N–H and O–H groups in total. The monoisotopic (exact) mass is 396 g/mol. The van der Waals surface area contributed by atoms with E-state index < -0.39 is 0 Å². The molecule has 0 spiro atoms. The van der Waals surface area contributed by atoms with Crippen molar-refractivity contribution in [3.8, 4) is 0 Å². The Labute approximate surface area is 177 Å². The molecule has 0 aromatic heterocycles. The number of ether oxygens (including phenoxy) is 1. The first-order valence-electron chi connectivity index (χ1n) is 12.7. The van der Waals surface area contributed by atoms with Crippen LogP contribution in [0.1, 0.15) is 144 Å². The Morgan fingerprint density at radius 3 is 1.50 bits per heavy atom. The largest absolute Gasteiger partial charge is 0.463 e. The molecule has 28 heavy (non-hydrogen) atoms. The van der Waals surface area contributed by atoms with Crippen LogP contribution in [0.3, 0.4) is 0 Å². The lowest BCUT2D eigenvalue weighted by Gasteiger charge is -2.20. The van der Waals surface area contributed by atoms with Crippen LogP contribution in [0.5, 0.6) is 0 Å². The third-order valence-corrected chi connectivity index (χ3v) is 5.94. The van der Waals surface area contributed by atoms with E-state index in [-0.39, 0.29) is 12.1 Å². The fourth-order valence-corrected chi connectivity index (χ4v) is 4.06. The highest BCUT2D eigenvalue weighted by Gasteiger charge is 2.12. The third-order valence-electron chi connectivity index (χ3n) is 5.94. The normalized spacial score (nSPS) is 12.7. The number of carbonyl (C=O) groups excluding carboxylic acids is 1. The van der Waals surface area contributed by atoms with Crippen molar-refractivity contribution >= 4 is 5.97 Å². The molecule has 2 nitrogen and oxygen atoms in total. The number of esters is 1. The Kier molecular flexibility index (Phi) is 19.4. The van der Waals surface area contributed by atoms with Gasteiger partial charge in [-0.05, 0) is 32.1 Å².